The molecule has 0 bridgehead atoms. The van der Waals surface area contributed by atoms with Gasteiger partial charge >= 0.3 is 0 Å². The van der Waals surface area contributed by atoms with E-state index in [4.69, 9.17) is 0 Å². The molecule has 0 aliphatic heterocycles. The Morgan fingerprint density at radius 1 is 1.64 bits per heavy atom. The first-order chi connectivity index (χ1) is 6.61. The molecule has 4 heteroatoms. The van der Waals surface area contributed by atoms with Crippen LogP contribution in [0.1, 0.15) is 30.8 Å². The van der Waals surface area contributed by atoms with Crippen molar-refractivity contribution in [2.75, 3.05) is 6.54 Å². The molecule has 4 nitrogen and oxygen atoms in total. The van der Waals surface area contributed by atoms with Crippen LogP contribution in [0.2, 0.25) is 0 Å². The Morgan fingerprint density at radius 3 is 2.86 bits per heavy atom. The lowest BCUT2D eigenvalue weighted by molar-refractivity contribution is 0.0944. The average molecular weight is 195 g/mol. The van der Waals surface area contributed by atoms with Gasteiger partial charge in [-0.25, -0.2) is 4.98 Å². The van der Waals surface area contributed by atoms with Gasteiger partial charge in [-0.15, -0.1) is 0 Å². The van der Waals surface area contributed by atoms with Crippen LogP contribution in [0.25, 0.3) is 0 Å². The van der Waals surface area contributed by atoms with Crippen molar-refractivity contribution in [3.63, 3.8) is 0 Å². The van der Waals surface area contributed by atoms with Crippen molar-refractivity contribution in [2.45, 2.75) is 20.3 Å². The van der Waals surface area contributed by atoms with Gasteiger partial charge in [-0.3, -0.25) is 4.79 Å². The van der Waals surface area contributed by atoms with Gasteiger partial charge in [-0.05, 0) is 12.3 Å². The number of carbonyl (C=O) groups is 1. The van der Waals surface area contributed by atoms with Gasteiger partial charge in [0.2, 0.25) is 0 Å². The second kappa shape index (κ2) is 4.79. The molecular weight excluding hydrogens is 178 g/mol. The number of aryl methyl sites for hydroxylation is 1. The standard InChI is InChI=1S/C10H17N3O/c1-8(2)4-5-12-10(14)9-6-11-7-13(9)3/h6-8H,4-5H2,1-3H3,(H,12,14). The third-order valence-electron chi connectivity index (χ3n) is 2.06. The fraction of sp³-hybridized carbons (Fsp3) is 0.600. The monoisotopic (exact) mass is 195 g/mol. The van der Waals surface area contributed by atoms with E-state index in [2.05, 4.69) is 24.1 Å². The highest BCUT2D eigenvalue weighted by Crippen LogP contribution is 1.99. The number of nitrogens with zero attached hydrogens (tertiary/aromatic N) is 2. The molecule has 0 fully saturated rings. The molecule has 0 spiro atoms. The molecule has 0 aliphatic carbocycles. The summed E-state index contributed by atoms with van der Waals surface area (Å²) in [4.78, 5) is 15.4. The van der Waals surface area contributed by atoms with E-state index in [0.29, 0.717) is 11.6 Å². The number of amides is 1. The van der Waals surface area contributed by atoms with Crippen LogP contribution in [0.15, 0.2) is 12.5 Å². The lowest BCUT2D eigenvalue weighted by Crippen LogP contribution is -2.26. The van der Waals surface area contributed by atoms with Crippen LogP contribution in [0.3, 0.4) is 0 Å². The van der Waals surface area contributed by atoms with Crippen LogP contribution < -0.4 is 5.32 Å². The third-order valence-corrected chi connectivity index (χ3v) is 2.06. The van der Waals surface area contributed by atoms with E-state index in [1.165, 1.54) is 0 Å². The number of nitrogens with one attached hydrogen (secondary N) is 1. The highest BCUT2D eigenvalue weighted by Gasteiger charge is 2.08. The van der Waals surface area contributed by atoms with Crippen molar-refractivity contribution >= 4 is 5.91 Å². The first-order valence-electron chi connectivity index (χ1n) is 4.85. The maximum atomic E-state index is 11.5. The fourth-order valence-electron chi connectivity index (χ4n) is 1.14. The molecule has 1 amide bonds. The number of hydrogen-bond donors (Lipinski definition) is 1. The van der Waals surface area contributed by atoms with Gasteiger partial charge in [0, 0.05) is 13.6 Å². The van der Waals surface area contributed by atoms with Crippen LogP contribution in [0.4, 0.5) is 0 Å². The molecular formula is C10H17N3O. The van der Waals surface area contributed by atoms with Gasteiger partial charge in [0.25, 0.3) is 5.91 Å². The Bertz CT molecular complexity index is 304. The summed E-state index contributed by atoms with van der Waals surface area (Å²) in [6, 6.07) is 0. The SMILES string of the molecule is CC(C)CCNC(=O)c1cncn1C. The van der Waals surface area contributed by atoms with Gasteiger partial charge in [-0.2, -0.15) is 0 Å². The summed E-state index contributed by atoms with van der Waals surface area (Å²) in [5, 5.41) is 2.86. The van der Waals surface area contributed by atoms with E-state index in [1.807, 2.05) is 7.05 Å². The molecule has 78 valence electrons. The Labute approximate surface area is 84.3 Å². The molecule has 0 radical (unpaired) electrons. The molecule has 0 aromatic carbocycles. The van der Waals surface area contributed by atoms with Crippen molar-refractivity contribution in [3.05, 3.63) is 18.2 Å². The number of aromatic nitrogens is 2. The van der Waals surface area contributed by atoms with Crippen LogP contribution >= 0.6 is 0 Å². The summed E-state index contributed by atoms with van der Waals surface area (Å²) < 4.78 is 1.71. The van der Waals surface area contributed by atoms with Gasteiger partial charge in [0.05, 0.1) is 12.5 Å². The summed E-state index contributed by atoms with van der Waals surface area (Å²) >= 11 is 0. The van der Waals surface area contributed by atoms with Crippen LogP contribution in [-0.4, -0.2) is 22.0 Å². The number of imidazole rings is 1. The Kier molecular flexibility index (Phi) is 3.68. The zero-order valence-electron chi connectivity index (χ0n) is 8.95. The minimum atomic E-state index is -0.0503. The van der Waals surface area contributed by atoms with Crippen LogP contribution in [0, 0.1) is 5.92 Å². The van der Waals surface area contributed by atoms with Crippen molar-refractivity contribution in [3.8, 4) is 0 Å². The average Bonchev–Trinajstić information content (AvgIpc) is 2.50. The predicted molar refractivity (Wildman–Crippen MR) is 55.0 cm³/mol. The molecule has 1 rings (SSSR count). The van der Waals surface area contributed by atoms with E-state index >= 15 is 0 Å². The highest BCUT2D eigenvalue weighted by atomic mass is 16.1. The summed E-state index contributed by atoms with van der Waals surface area (Å²) in [7, 11) is 1.81. The number of carbonyl (C=O) groups excluding carboxylic acids is 1. The molecule has 1 N–H and O–H groups in total. The highest BCUT2D eigenvalue weighted by molar-refractivity contribution is 5.92. The lowest BCUT2D eigenvalue weighted by Gasteiger charge is -2.06. The first kappa shape index (κ1) is 10.8. The Morgan fingerprint density at radius 2 is 2.36 bits per heavy atom. The van der Waals surface area contributed by atoms with Gasteiger partial charge in [-0.1, -0.05) is 13.8 Å². The van der Waals surface area contributed by atoms with E-state index in [0.717, 1.165) is 13.0 Å². The Hall–Kier alpha value is -1.32. The lowest BCUT2D eigenvalue weighted by atomic mass is 10.1. The smallest absolute Gasteiger partial charge is 0.269 e. The maximum Gasteiger partial charge on any atom is 0.269 e. The topological polar surface area (TPSA) is 46.9 Å². The largest absolute Gasteiger partial charge is 0.351 e. The summed E-state index contributed by atoms with van der Waals surface area (Å²) in [6.45, 7) is 4.99. The first-order valence-corrected chi connectivity index (χ1v) is 4.85. The second-order valence-corrected chi connectivity index (χ2v) is 3.83. The van der Waals surface area contributed by atoms with Crippen molar-refractivity contribution in [1.82, 2.24) is 14.9 Å². The number of hydrogen-bond acceptors (Lipinski definition) is 2. The minimum absolute atomic E-state index is 0.0503. The van der Waals surface area contributed by atoms with Crippen molar-refractivity contribution in [1.29, 1.82) is 0 Å². The zero-order chi connectivity index (χ0) is 10.6. The third kappa shape index (κ3) is 2.87. The Balaban J connectivity index is 2.40. The maximum absolute atomic E-state index is 11.5. The molecule has 0 saturated carbocycles. The predicted octanol–water partition coefficient (Wildman–Crippen LogP) is 1.20. The molecule has 1 heterocycles. The van der Waals surface area contributed by atoms with E-state index in [9.17, 15) is 4.79 Å². The minimum Gasteiger partial charge on any atom is -0.351 e. The molecule has 0 aliphatic rings. The number of rotatable bonds is 4. The van der Waals surface area contributed by atoms with Crippen molar-refractivity contribution < 1.29 is 4.79 Å². The summed E-state index contributed by atoms with van der Waals surface area (Å²) in [5.41, 5.74) is 0.605. The normalized spacial score (nSPS) is 10.6. The van der Waals surface area contributed by atoms with Crippen LogP contribution in [0.5, 0.6) is 0 Å². The van der Waals surface area contributed by atoms with Gasteiger partial charge in [0.15, 0.2) is 0 Å². The summed E-state index contributed by atoms with van der Waals surface area (Å²) in [6.07, 6.45) is 4.20. The fourth-order valence-corrected chi connectivity index (χ4v) is 1.14. The molecule has 14 heavy (non-hydrogen) atoms. The molecule has 0 unspecified atom stereocenters. The van der Waals surface area contributed by atoms with Crippen molar-refractivity contribution in [2.24, 2.45) is 13.0 Å². The molecule has 1 aromatic heterocycles. The van der Waals surface area contributed by atoms with Gasteiger partial charge in [0.1, 0.15) is 5.69 Å². The molecule has 1 aromatic rings. The molecule has 0 saturated heterocycles. The quantitative estimate of drug-likeness (QED) is 0.784. The second-order valence-electron chi connectivity index (χ2n) is 3.83. The van der Waals surface area contributed by atoms with Crippen LogP contribution in [-0.2, 0) is 7.05 Å². The van der Waals surface area contributed by atoms with E-state index < -0.39 is 0 Å². The molecule has 0 atom stereocenters. The van der Waals surface area contributed by atoms with E-state index in [-0.39, 0.29) is 5.91 Å². The zero-order valence-corrected chi connectivity index (χ0v) is 8.95. The van der Waals surface area contributed by atoms with E-state index in [1.54, 1.807) is 17.1 Å². The summed E-state index contributed by atoms with van der Waals surface area (Å²) in [5.74, 6) is 0.562. The van der Waals surface area contributed by atoms with Gasteiger partial charge < -0.3 is 9.88 Å².